The molecule has 0 bridgehead atoms. The zero-order valence-electron chi connectivity index (χ0n) is 16.1. The van der Waals surface area contributed by atoms with Gasteiger partial charge >= 0.3 is 6.36 Å². The van der Waals surface area contributed by atoms with E-state index >= 15 is 0 Å². The minimum Gasteiger partial charge on any atom is -0.457 e. The van der Waals surface area contributed by atoms with Crippen LogP contribution in [0.5, 0.6) is 17.2 Å². The van der Waals surface area contributed by atoms with Gasteiger partial charge in [0.25, 0.3) is 0 Å². The fraction of sp³-hybridized carbons (Fsp3) is 0.455. The fourth-order valence-corrected chi connectivity index (χ4v) is 4.03. The molecule has 0 aromatic heterocycles. The molecule has 0 amide bonds. The van der Waals surface area contributed by atoms with Crippen LogP contribution in [0.3, 0.4) is 0 Å². The largest absolute Gasteiger partial charge is 0.573 e. The maximum Gasteiger partial charge on any atom is 0.573 e. The van der Waals surface area contributed by atoms with Crippen molar-refractivity contribution in [2.75, 3.05) is 19.7 Å². The molecule has 2 heterocycles. The number of benzene rings is 2. The molecule has 2 aliphatic heterocycles. The molecule has 2 aliphatic rings. The number of hydrogen-bond donors (Lipinski definition) is 0. The highest BCUT2D eigenvalue weighted by molar-refractivity contribution is 5.36. The minimum atomic E-state index is -4.70. The fourth-order valence-electron chi connectivity index (χ4n) is 4.03. The van der Waals surface area contributed by atoms with Gasteiger partial charge in [0.15, 0.2) is 0 Å². The van der Waals surface area contributed by atoms with Crippen LogP contribution in [0, 0.1) is 0 Å². The molecule has 4 nitrogen and oxygen atoms in total. The van der Waals surface area contributed by atoms with E-state index in [0.29, 0.717) is 11.5 Å². The third-order valence-corrected chi connectivity index (χ3v) is 5.57. The smallest absolute Gasteiger partial charge is 0.457 e. The van der Waals surface area contributed by atoms with Crippen molar-refractivity contribution in [2.24, 2.45) is 0 Å². The third-order valence-electron chi connectivity index (χ3n) is 5.57. The Bertz CT molecular complexity index is 790. The molecule has 4 rings (SSSR count). The van der Waals surface area contributed by atoms with Crippen molar-refractivity contribution in [3.63, 3.8) is 0 Å². The Labute approximate surface area is 168 Å². The monoisotopic (exact) mass is 407 g/mol. The Hall–Kier alpha value is -2.25. The van der Waals surface area contributed by atoms with E-state index in [1.165, 1.54) is 42.7 Å². The molecule has 2 fully saturated rings. The summed E-state index contributed by atoms with van der Waals surface area (Å²) >= 11 is 0. The quantitative estimate of drug-likeness (QED) is 0.653. The summed E-state index contributed by atoms with van der Waals surface area (Å²) in [5, 5.41) is 0. The predicted octanol–water partition coefficient (Wildman–Crippen LogP) is 5.52. The van der Waals surface area contributed by atoms with E-state index in [1.54, 1.807) is 0 Å². The normalized spacial score (nSPS) is 19.4. The predicted molar refractivity (Wildman–Crippen MR) is 102 cm³/mol. The molecular formula is C22H24F3NO3. The van der Waals surface area contributed by atoms with Gasteiger partial charge < -0.3 is 14.2 Å². The topological polar surface area (TPSA) is 30.9 Å². The Kier molecular flexibility index (Phi) is 5.69. The summed E-state index contributed by atoms with van der Waals surface area (Å²) in [6.45, 7) is 3.88. The lowest BCUT2D eigenvalue weighted by atomic mass is 9.88. The Morgan fingerprint density at radius 2 is 1.45 bits per heavy atom. The van der Waals surface area contributed by atoms with Crippen LogP contribution in [-0.2, 0) is 11.3 Å². The number of halogens is 3. The lowest BCUT2D eigenvalue weighted by molar-refractivity contribution is -0.274. The van der Waals surface area contributed by atoms with Crippen molar-refractivity contribution >= 4 is 0 Å². The van der Waals surface area contributed by atoms with Gasteiger partial charge in [0.1, 0.15) is 17.2 Å². The van der Waals surface area contributed by atoms with Crippen LogP contribution < -0.4 is 9.47 Å². The molecule has 1 spiro atoms. The van der Waals surface area contributed by atoms with Crippen LogP contribution in [0.2, 0.25) is 0 Å². The van der Waals surface area contributed by atoms with Gasteiger partial charge in [-0.15, -0.1) is 13.2 Å². The molecule has 0 saturated carbocycles. The van der Waals surface area contributed by atoms with Crippen LogP contribution in [-0.4, -0.2) is 36.6 Å². The van der Waals surface area contributed by atoms with E-state index in [4.69, 9.17) is 9.47 Å². The van der Waals surface area contributed by atoms with E-state index in [-0.39, 0.29) is 11.4 Å². The van der Waals surface area contributed by atoms with Gasteiger partial charge in [-0.05, 0) is 67.6 Å². The van der Waals surface area contributed by atoms with Crippen molar-refractivity contribution in [3.8, 4) is 17.2 Å². The molecule has 0 aliphatic carbocycles. The summed E-state index contributed by atoms with van der Waals surface area (Å²) in [5.74, 6) is 0.812. The van der Waals surface area contributed by atoms with Gasteiger partial charge in [-0.3, -0.25) is 4.90 Å². The molecule has 7 heteroatoms. The highest BCUT2D eigenvalue weighted by atomic mass is 19.4. The Balaban J connectivity index is 1.28. The minimum absolute atomic E-state index is 0.134. The first-order valence-electron chi connectivity index (χ1n) is 9.88. The van der Waals surface area contributed by atoms with E-state index in [1.807, 2.05) is 24.3 Å². The van der Waals surface area contributed by atoms with Crippen LogP contribution >= 0.6 is 0 Å². The third kappa shape index (κ3) is 5.42. The molecular weight excluding hydrogens is 383 g/mol. The van der Waals surface area contributed by atoms with Crippen LogP contribution in [0.4, 0.5) is 13.2 Å². The second kappa shape index (κ2) is 8.24. The zero-order chi connectivity index (χ0) is 20.3. The van der Waals surface area contributed by atoms with Crippen molar-refractivity contribution in [2.45, 2.75) is 44.2 Å². The molecule has 2 saturated heterocycles. The maximum absolute atomic E-state index is 12.2. The first-order chi connectivity index (χ1) is 13.9. The summed E-state index contributed by atoms with van der Waals surface area (Å²) in [6.07, 6.45) is -0.127. The molecule has 29 heavy (non-hydrogen) atoms. The van der Waals surface area contributed by atoms with Crippen molar-refractivity contribution in [1.29, 1.82) is 0 Å². The summed E-state index contributed by atoms with van der Waals surface area (Å²) in [7, 11) is 0. The molecule has 0 atom stereocenters. The van der Waals surface area contributed by atoms with Crippen LogP contribution in [0.1, 0.15) is 31.2 Å². The zero-order valence-corrected chi connectivity index (χ0v) is 16.1. The Morgan fingerprint density at radius 3 is 2.00 bits per heavy atom. The van der Waals surface area contributed by atoms with E-state index in [0.717, 1.165) is 39.1 Å². The van der Waals surface area contributed by atoms with E-state index < -0.39 is 6.36 Å². The lowest BCUT2D eigenvalue weighted by Gasteiger charge is -2.38. The summed E-state index contributed by atoms with van der Waals surface area (Å²) < 4.78 is 52.2. The molecule has 2 aromatic carbocycles. The number of nitrogens with zero attached hydrogens (tertiary/aromatic N) is 1. The maximum atomic E-state index is 12.2. The highest BCUT2D eigenvalue weighted by Gasteiger charge is 2.38. The van der Waals surface area contributed by atoms with Gasteiger partial charge in [-0.1, -0.05) is 12.1 Å². The van der Waals surface area contributed by atoms with Crippen LogP contribution in [0.15, 0.2) is 48.5 Å². The average molecular weight is 407 g/mol. The van der Waals surface area contributed by atoms with Crippen molar-refractivity contribution in [1.82, 2.24) is 4.90 Å². The average Bonchev–Trinajstić information content (AvgIpc) is 3.14. The molecule has 2 aromatic rings. The van der Waals surface area contributed by atoms with Crippen molar-refractivity contribution in [3.05, 3.63) is 54.1 Å². The Morgan fingerprint density at radius 1 is 0.862 bits per heavy atom. The van der Waals surface area contributed by atoms with Gasteiger partial charge in [0.05, 0.1) is 5.60 Å². The standard InChI is InChI=1S/C22H24F3NO3/c23-22(24,25)29-20-8-6-19(7-9-20)28-18-4-2-17(3-5-18)16-26-13-11-21(12-14-26)10-1-15-27-21/h2-9H,1,10-16H2. The number of hydrogen-bond acceptors (Lipinski definition) is 4. The van der Waals surface area contributed by atoms with Gasteiger partial charge in [-0.25, -0.2) is 0 Å². The molecule has 0 radical (unpaired) electrons. The van der Waals surface area contributed by atoms with Crippen molar-refractivity contribution < 1.29 is 27.4 Å². The lowest BCUT2D eigenvalue weighted by Crippen LogP contribution is -2.43. The van der Waals surface area contributed by atoms with Gasteiger partial charge in [0, 0.05) is 26.2 Å². The molecule has 0 unspecified atom stereocenters. The number of ether oxygens (including phenoxy) is 3. The highest BCUT2D eigenvalue weighted by Crippen LogP contribution is 2.36. The molecule has 156 valence electrons. The molecule has 0 N–H and O–H groups in total. The second-order valence-electron chi connectivity index (χ2n) is 7.68. The number of piperidine rings is 1. The van der Waals surface area contributed by atoms with E-state index in [2.05, 4.69) is 9.64 Å². The summed E-state index contributed by atoms with van der Waals surface area (Å²) in [4.78, 5) is 2.45. The second-order valence-corrected chi connectivity index (χ2v) is 7.68. The first-order valence-corrected chi connectivity index (χ1v) is 9.88. The first kappa shape index (κ1) is 20.0. The number of rotatable bonds is 5. The van der Waals surface area contributed by atoms with Gasteiger partial charge in [-0.2, -0.15) is 0 Å². The van der Waals surface area contributed by atoms with E-state index in [9.17, 15) is 13.2 Å². The SMILES string of the molecule is FC(F)(F)Oc1ccc(Oc2ccc(CN3CCC4(CCCO4)CC3)cc2)cc1. The number of likely N-dealkylation sites (tertiary alicyclic amines) is 1. The summed E-state index contributed by atoms with van der Waals surface area (Å²) in [6, 6.07) is 13.2. The van der Waals surface area contributed by atoms with Gasteiger partial charge in [0.2, 0.25) is 0 Å². The number of alkyl halides is 3. The van der Waals surface area contributed by atoms with Crippen LogP contribution in [0.25, 0.3) is 0 Å². The summed E-state index contributed by atoms with van der Waals surface area (Å²) in [5.41, 5.74) is 1.34.